The number of hydrogen-bond acceptors (Lipinski definition) is 4. The van der Waals surface area contributed by atoms with Gasteiger partial charge in [0.25, 0.3) is 10.0 Å². The fraction of sp³-hybridized carbons (Fsp3) is 0.0625. The average molecular weight is 346 g/mol. The molecule has 2 aromatic carbocycles. The average Bonchev–Trinajstić information content (AvgIpc) is 3.02. The van der Waals surface area contributed by atoms with E-state index in [4.69, 9.17) is 4.74 Å². The number of sulfonamides is 1. The zero-order valence-electron chi connectivity index (χ0n) is 12.6. The van der Waals surface area contributed by atoms with Gasteiger partial charge in [0.15, 0.2) is 0 Å². The summed E-state index contributed by atoms with van der Waals surface area (Å²) >= 11 is 0. The van der Waals surface area contributed by atoms with E-state index in [2.05, 4.69) is 9.71 Å². The van der Waals surface area contributed by atoms with E-state index in [0.29, 0.717) is 16.7 Å². The van der Waals surface area contributed by atoms with Gasteiger partial charge in [-0.15, -0.1) is 0 Å². The standard InChI is InChI=1S/C16H14N2O5S/c1-23-11-3-5-12(6-4-11)24(21,22)18-13-7-2-10-8-9-17-15(10)14(13)16(19)20/h2-9,17-18H,1H3,(H,19,20). The van der Waals surface area contributed by atoms with E-state index in [9.17, 15) is 18.3 Å². The van der Waals surface area contributed by atoms with Crippen LogP contribution in [0, 0.1) is 0 Å². The number of H-pyrrole nitrogens is 1. The van der Waals surface area contributed by atoms with Crippen LogP contribution in [0.25, 0.3) is 10.9 Å². The molecule has 0 spiro atoms. The van der Waals surface area contributed by atoms with Crippen LogP contribution in [0.15, 0.2) is 53.6 Å². The molecule has 3 rings (SSSR count). The van der Waals surface area contributed by atoms with Gasteiger partial charge in [0, 0.05) is 11.6 Å². The summed E-state index contributed by atoms with van der Waals surface area (Å²) in [6.07, 6.45) is 1.60. The third-order valence-corrected chi connectivity index (χ3v) is 4.94. The number of carbonyl (C=O) groups is 1. The molecule has 3 aromatic rings. The lowest BCUT2D eigenvalue weighted by atomic mass is 10.1. The van der Waals surface area contributed by atoms with Gasteiger partial charge in [0.2, 0.25) is 0 Å². The molecule has 0 unspecified atom stereocenters. The molecule has 0 atom stereocenters. The third-order valence-electron chi connectivity index (χ3n) is 3.56. The monoisotopic (exact) mass is 346 g/mol. The SMILES string of the molecule is COc1ccc(S(=O)(=O)Nc2ccc3cc[nH]c3c2C(=O)O)cc1. The molecule has 7 nitrogen and oxygen atoms in total. The van der Waals surface area contributed by atoms with Crippen molar-refractivity contribution < 1.29 is 23.1 Å². The van der Waals surface area contributed by atoms with Gasteiger partial charge in [-0.05, 0) is 36.4 Å². The fourth-order valence-corrected chi connectivity index (χ4v) is 3.47. The number of benzene rings is 2. The minimum absolute atomic E-state index is 0.00576. The summed E-state index contributed by atoms with van der Waals surface area (Å²) in [5, 5.41) is 10.1. The maximum atomic E-state index is 12.5. The molecule has 0 saturated heterocycles. The number of aromatic carboxylic acids is 1. The molecule has 124 valence electrons. The number of hydrogen-bond donors (Lipinski definition) is 3. The number of carboxylic acids is 1. The predicted molar refractivity (Wildman–Crippen MR) is 89.1 cm³/mol. The maximum Gasteiger partial charge on any atom is 0.339 e. The Hall–Kier alpha value is -3.00. The summed E-state index contributed by atoms with van der Waals surface area (Å²) in [7, 11) is -2.45. The summed E-state index contributed by atoms with van der Waals surface area (Å²) in [5.41, 5.74) is 0.222. The van der Waals surface area contributed by atoms with E-state index < -0.39 is 16.0 Å². The number of rotatable bonds is 5. The molecule has 0 radical (unpaired) electrons. The van der Waals surface area contributed by atoms with Crippen molar-refractivity contribution in [3.05, 3.63) is 54.2 Å². The van der Waals surface area contributed by atoms with Crippen LogP contribution in [0.2, 0.25) is 0 Å². The van der Waals surface area contributed by atoms with Crippen molar-refractivity contribution in [3.63, 3.8) is 0 Å². The summed E-state index contributed by atoms with van der Waals surface area (Å²) in [4.78, 5) is 14.4. The molecule has 0 fully saturated rings. The highest BCUT2D eigenvalue weighted by Gasteiger charge is 2.21. The molecular weight excluding hydrogens is 332 g/mol. The van der Waals surface area contributed by atoms with Crippen molar-refractivity contribution in [1.82, 2.24) is 4.98 Å². The Labute approximate surface area is 137 Å². The van der Waals surface area contributed by atoms with Gasteiger partial charge in [0.05, 0.1) is 23.2 Å². The third kappa shape index (κ3) is 2.79. The van der Waals surface area contributed by atoms with Gasteiger partial charge in [0.1, 0.15) is 11.3 Å². The van der Waals surface area contributed by atoms with Gasteiger partial charge < -0.3 is 14.8 Å². The van der Waals surface area contributed by atoms with Gasteiger partial charge in [-0.2, -0.15) is 0 Å². The van der Waals surface area contributed by atoms with Crippen molar-refractivity contribution in [1.29, 1.82) is 0 Å². The van der Waals surface area contributed by atoms with Crippen LogP contribution < -0.4 is 9.46 Å². The minimum Gasteiger partial charge on any atom is -0.497 e. The number of anilines is 1. The zero-order chi connectivity index (χ0) is 17.3. The molecule has 0 aliphatic rings. The lowest BCUT2D eigenvalue weighted by Crippen LogP contribution is -2.15. The van der Waals surface area contributed by atoms with Crippen molar-refractivity contribution >= 4 is 32.6 Å². The van der Waals surface area contributed by atoms with Crippen LogP contribution in [0.1, 0.15) is 10.4 Å². The minimum atomic E-state index is -3.93. The van der Waals surface area contributed by atoms with E-state index >= 15 is 0 Å². The van der Waals surface area contributed by atoms with E-state index in [1.54, 1.807) is 18.3 Å². The number of carboxylic acid groups (broad SMARTS) is 1. The number of methoxy groups -OCH3 is 1. The summed E-state index contributed by atoms with van der Waals surface area (Å²) in [6, 6.07) is 10.6. The number of ether oxygens (including phenoxy) is 1. The quantitative estimate of drug-likeness (QED) is 0.658. The number of nitrogens with one attached hydrogen (secondary N) is 2. The molecule has 8 heteroatoms. The fourth-order valence-electron chi connectivity index (χ4n) is 2.39. The van der Waals surface area contributed by atoms with Gasteiger partial charge >= 0.3 is 5.97 Å². The highest BCUT2D eigenvalue weighted by molar-refractivity contribution is 7.92. The Morgan fingerprint density at radius 1 is 1.12 bits per heavy atom. The smallest absolute Gasteiger partial charge is 0.339 e. The second-order valence-corrected chi connectivity index (χ2v) is 6.70. The van der Waals surface area contributed by atoms with Crippen LogP contribution >= 0.6 is 0 Å². The Bertz CT molecular complexity index is 1010. The molecule has 24 heavy (non-hydrogen) atoms. The van der Waals surface area contributed by atoms with Gasteiger partial charge in [-0.1, -0.05) is 6.07 Å². The molecule has 0 saturated carbocycles. The van der Waals surface area contributed by atoms with Crippen molar-refractivity contribution in [2.75, 3.05) is 11.8 Å². The van der Waals surface area contributed by atoms with Crippen molar-refractivity contribution in [3.8, 4) is 5.75 Å². The van der Waals surface area contributed by atoms with Crippen molar-refractivity contribution in [2.24, 2.45) is 0 Å². The van der Waals surface area contributed by atoms with Crippen molar-refractivity contribution in [2.45, 2.75) is 4.90 Å². The first kappa shape index (κ1) is 15.9. The molecule has 3 N–H and O–H groups in total. The maximum absolute atomic E-state index is 12.5. The number of aromatic nitrogens is 1. The predicted octanol–water partition coefficient (Wildman–Crippen LogP) is 2.68. The van der Waals surface area contributed by atoms with Gasteiger partial charge in [-0.3, -0.25) is 4.72 Å². The molecule has 0 aliphatic heterocycles. The largest absolute Gasteiger partial charge is 0.497 e. The first-order valence-electron chi connectivity index (χ1n) is 6.92. The lowest BCUT2D eigenvalue weighted by Gasteiger charge is -2.12. The summed E-state index contributed by atoms with van der Waals surface area (Å²) in [6.45, 7) is 0. The molecule has 1 heterocycles. The Morgan fingerprint density at radius 3 is 2.46 bits per heavy atom. The lowest BCUT2D eigenvalue weighted by molar-refractivity contribution is 0.0700. The molecule has 0 bridgehead atoms. The Morgan fingerprint density at radius 2 is 1.83 bits per heavy atom. The van der Waals surface area contributed by atoms with Gasteiger partial charge in [-0.25, -0.2) is 13.2 Å². The molecule has 0 aliphatic carbocycles. The van der Waals surface area contributed by atoms with E-state index in [-0.39, 0.29) is 16.1 Å². The first-order chi connectivity index (χ1) is 11.4. The van der Waals surface area contributed by atoms with Crippen LogP contribution in [0.3, 0.4) is 0 Å². The van der Waals surface area contributed by atoms with E-state index in [0.717, 1.165) is 0 Å². The normalized spacial score (nSPS) is 11.4. The zero-order valence-corrected chi connectivity index (χ0v) is 13.4. The number of fused-ring (bicyclic) bond motifs is 1. The highest BCUT2D eigenvalue weighted by Crippen LogP contribution is 2.27. The molecular formula is C16H14N2O5S. The molecule has 0 amide bonds. The second-order valence-electron chi connectivity index (χ2n) is 5.02. The van der Waals surface area contributed by atoms with Crippen LogP contribution in [0.5, 0.6) is 5.75 Å². The van der Waals surface area contributed by atoms with E-state index in [1.165, 1.54) is 37.4 Å². The van der Waals surface area contributed by atoms with Crippen LogP contribution in [-0.4, -0.2) is 31.6 Å². The Kier molecular flexibility index (Phi) is 3.90. The molecule has 1 aromatic heterocycles. The summed E-state index contributed by atoms with van der Waals surface area (Å²) < 4.78 is 32.3. The first-order valence-corrected chi connectivity index (χ1v) is 8.41. The second kappa shape index (κ2) is 5.89. The topological polar surface area (TPSA) is 108 Å². The summed E-state index contributed by atoms with van der Waals surface area (Å²) in [5.74, 6) is -0.705. The van der Waals surface area contributed by atoms with Crippen LogP contribution in [-0.2, 0) is 10.0 Å². The Balaban J connectivity index is 2.04. The van der Waals surface area contributed by atoms with E-state index in [1.807, 2.05) is 0 Å². The van der Waals surface area contributed by atoms with Crippen LogP contribution in [0.4, 0.5) is 5.69 Å². The highest BCUT2D eigenvalue weighted by atomic mass is 32.2. The number of aromatic amines is 1.